The smallest absolute Gasteiger partial charge is 0.335 e. The van der Waals surface area contributed by atoms with E-state index in [9.17, 15) is 14.7 Å². The maximum Gasteiger partial charge on any atom is 0.335 e. The van der Waals surface area contributed by atoms with Crippen LogP contribution in [-0.4, -0.2) is 35.1 Å². The first-order chi connectivity index (χ1) is 13.8. The Morgan fingerprint density at radius 1 is 1.03 bits per heavy atom. The van der Waals surface area contributed by atoms with Gasteiger partial charge in [0, 0.05) is 12.3 Å². The van der Waals surface area contributed by atoms with Crippen LogP contribution in [0.3, 0.4) is 0 Å². The maximum absolute atomic E-state index is 12.3. The molecule has 8 nitrogen and oxygen atoms in total. The quantitative estimate of drug-likeness (QED) is 0.646. The fourth-order valence-corrected chi connectivity index (χ4v) is 2.78. The molecule has 1 aromatic heterocycles. The second-order valence-corrected chi connectivity index (χ2v) is 6.40. The van der Waals surface area contributed by atoms with Gasteiger partial charge in [0.15, 0.2) is 0 Å². The minimum Gasteiger partial charge on any atom is -0.497 e. The van der Waals surface area contributed by atoms with Crippen LogP contribution in [-0.2, 0) is 0 Å². The molecule has 0 saturated carbocycles. The lowest BCUT2D eigenvalue weighted by molar-refractivity contribution is 0.395. The van der Waals surface area contributed by atoms with E-state index in [0.29, 0.717) is 22.9 Å². The first-order valence-corrected chi connectivity index (χ1v) is 8.77. The Morgan fingerprint density at radius 3 is 2.45 bits per heavy atom. The summed E-state index contributed by atoms with van der Waals surface area (Å²) in [6, 6.07) is 10.3. The number of rotatable bonds is 5. The Bertz CT molecular complexity index is 1210. The predicted molar refractivity (Wildman–Crippen MR) is 111 cm³/mol. The minimum atomic E-state index is -0.746. The molecule has 0 unspecified atom stereocenters. The molecular formula is C21H21N3O5. The molecule has 1 heterocycles. The highest BCUT2D eigenvalue weighted by molar-refractivity contribution is 5.85. The number of benzene rings is 2. The van der Waals surface area contributed by atoms with Gasteiger partial charge >= 0.3 is 5.69 Å². The van der Waals surface area contributed by atoms with Gasteiger partial charge in [-0.25, -0.2) is 9.36 Å². The van der Waals surface area contributed by atoms with Gasteiger partial charge in [-0.3, -0.25) is 14.8 Å². The van der Waals surface area contributed by atoms with Gasteiger partial charge in [-0.2, -0.15) is 0 Å². The molecule has 2 N–H and O–H groups in total. The Hall–Kier alpha value is -3.81. The van der Waals surface area contributed by atoms with Crippen molar-refractivity contribution < 1.29 is 14.6 Å². The molecule has 0 amide bonds. The number of nitrogens with one attached hydrogen (secondary N) is 1. The highest BCUT2D eigenvalue weighted by Crippen LogP contribution is 2.31. The summed E-state index contributed by atoms with van der Waals surface area (Å²) >= 11 is 0. The Labute approximate surface area is 166 Å². The molecule has 150 valence electrons. The lowest BCUT2D eigenvalue weighted by atomic mass is 10.1. The fourth-order valence-electron chi connectivity index (χ4n) is 2.78. The summed E-state index contributed by atoms with van der Waals surface area (Å²) in [5, 5.41) is 10.7. The maximum atomic E-state index is 12.3. The van der Waals surface area contributed by atoms with Gasteiger partial charge in [0.1, 0.15) is 22.7 Å². The van der Waals surface area contributed by atoms with Gasteiger partial charge < -0.3 is 14.6 Å². The van der Waals surface area contributed by atoms with Crippen LogP contribution in [0.25, 0.3) is 5.69 Å². The van der Waals surface area contributed by atoms with Gasteiger partial charge in [-0.05, 0) is 49.2 Å². The second-order valence-electron chi connectivity index (χ2n) is 6.40. The van der Waals surface area contributed by atoms with Gasteiger partial charge in [0.2, 0.25) is 5.88 Å². The third-order valence-electron chi connectivity index (χ3n) is 4.59. The molecule has 0 atom stereocenters. The first-order valence-electron chi connectivity index (χ1n) is 8.77. The van der Waals surface area contributed by atoms with Crippen molar-refractivity contribution in [2.45, 2.75) is 13.8 Å². The number of aliphatic imine (C=N–C) groups is 1. The number of aromatic hydroxyl groups is 1. The number of nitrogens with zero attached hydrogens (tertiary/aromatic N) is 2. The van der Waals surface area contributed by atoms with Crippen LogP contribution in [0.2, 0.25) is 0 Å². The SMILES string of the molecule is COc1ccc(N=Cc2c(O)n(-c3ccc(C)c(C)c3)c(=O)[nH]c2=O)c(OC)c1. The molecule has 0 fully saturated rings. The monoisotopic (exact) mass is 395 g/mol. The van der Waals surface area contributed by atoms with Gasteiger partial charge in [0.25, 0.3) is 5.56 Å². The first kappa shape index (κ1) is 19.9. The fraction of sp³-hybridized carbons (Fsp3) is 0.190. The van der Waals surface area contributed by atoms with Crippen molar-refractivity contribution in [2.24, 2.45) is 4.99 Å². The molecule has 29 heavy (non-hydrogen) atoms. The molecular weight excluding hydrogens is 374 g/mol. The zero-order chi connectivity index (χ0) is 21.1. The molecule has 0 bridgehead atoms. The van der Waals surface area contributed by atoms with E-state index in [1.165, 1.54) is 20.4 Å². The molecule has 0 radical (unpaired) electrons. The van der Waals surface area contributed by atoms with E-state index in [4.69, 9.17) is 9.47 Å². The Balaban J connectivity index is 2.12. The van der Waals surface area contributed by atoms with Crippen LogP contribution < -0.4 is 20.7 Å². The van der Waals surface area contributed by atoms with Gasteiger partial charge in [-0.1, -0.05) is 6.07 Å². The summed E-state index contributed by atoms with van der Waals surface area (Å²) in [6.45, 7) is 3.83. The van der Waals surface area contributed by atoms with E-state index >= 15 is 0 Å². The highest BCUT2D eigenvalue weighted by atomic mass is 16.5. The van der Waals surface area contributed by atoms with Crippen molar-refractivity contribution >= 4 is 11.9 Å². The Morgan fingerprint density at radius 2 is 1.79 bits per heavy atom. The molecule has 0 spiro atoms. The summed E-state index contributed by atoms with van der Waals surface area (Å²) in [4.78, 5) is 31.0. The number of aromatic nitrogens is 2. The van der Waals surface area contributed by atoms with Crippen LogP contribution in [0.5, 0.6) is 17.4 Å². The summed E-state index contributed by atoms with van der Waals surface area (Å²) in [7, 11) is 3.02. The summed E-state index contributed by atoms with van der Waals surface area (Å²) in [5.74, 6) is 0.516. The van der Waals surface area contributed by atoms with E-state index in [-0.39, 0.29) is 5.56 Å². The van der Waals surface area contributed by atoms with E-state index in [1.807, 2.05) is 19.9 Å². The average Bonchev–Trinajstić information content (AvgIpc) is 2.70. The summed E-state index contributed by atoms with van der Waals surface area (Å²) in [6.07, 6.45) is 1.19. The van der Waals surface area contributed by atoms with Gasteiger partial charge in [-0.15, -0.1) is 0 Å². The van der Waals surface area contributed by atoms with Crippen LogP contribution in [0, 0.1) is 13.8 Å². The molecule has 0 aliphatic rings. The zero-order valence-electron chi connectivity index (χ0n) is 16.5. The zero-order valence-corrected chi connectivity index (χ0v) is 16.5. The molecule has 3 aromatic rings. The van der Waals surface area contributed by atoms with Crippen LogP contribution in [0.1, 0.15) is 16.7 Å². The standard InChI is InChI=1S/C21H21N3O5/c1-12-5-6-14(9-13(12)2)24-20(26)16(19(25)23-21(24)27)11-22-17-8-7-15(28-3)10-18(17)29-4/h5-11,26H,1-4H3,(H,23,25,27). The van der Waals surface area contributed by atoms with Crippen molar-refractivity contribution in [1.82, 2.24) is 9.55 Å². The van der Waals surface area contributed by atoms with Crippen molar-refractivity contribution in [3.63, 3.8) is 0 Å². The van der Waals surface area contributed by atoms with Crippen molar-refractivity contribution in [1.29, 1.82) is 0 Å². The molecule has 3 rings (SSSR count). The molecule has 8 heteroatoms. The summed E-state index contributed by atoms with van der Waals surface area (Å²) < 4.78 is 11.4. The number of methoxy groups -OCH3 is 2. The lowest BCUT2D eigenvalue weighted by Gasteiger charge is -2.11. The normalized spacial score (nSPS) is 11.0. The van der Waals surface area contributed by atoms with E-state index in [0.717, 1.165) is 15.7 Å². The lowest BCUT2D eigenvalue weighted by Crippen LogP contribution is -2.31. The molecule has 2 aromatic carbocycles. The largest absolute Gasteiger partial charge is 0.497 e. The predicted octanol–water partition coefficient (Wildman–Crippen LogP) is 2.62. The highest BCUT2D eigenvalue weighted by Gasteiger charge is 2.15. The number of ether oxygens (including phenoxy) is 2. The average molecular weight is 395 g/mol. The van der Waals surface area contributed by atoms with Gasteiger partial charge in [0.05, 0.1) is 19.9 Å². The summed E-state index contributed by atoms with van der Waals surface area (Å²) in [5.41, 5.74) is 1.20. The minimum absolute atomic E-state index is 0.152. The molecule has 0 saturated heterocycles. The number of hydrogen-bond acceptors (Lipinski definition) is 6. The van der Waals surface area contributed by atoms with E-state index < -0.39 is 17.1 Å². The van der Waals surface area contributed by atoms with Crippen molar-refractivity contribution in [2.75, 3.05) is 14.2 Å². The number of H-pyrrole nitrogens is 1. The molecule has 0 aliphatic carbocycles. The van der Waals surface area contributed by atoms with E-state index in [2.05, 4.69) is 9.98 Å². The van der Waals surface area contributed by atoms with Crippen LogP contribution in [0.15, 0.2) is 51.0 Å². The number of aryl methyl sites for hydroxylation is 2. The second kappa shape index (κ2) is 8.05. The number of hydrogen-bond donors (Lipinski definition) is 2. The number of aromatic amines is 1. The van der Waals surface area contributed by atoms with E-state index in [1.54, 1.807) is 30.3 Å². The molecule has 0 aliphatic heterocycles. The van der Waals surface area contributed by atoms with Crippen molar-refractivity contribution in [3.05, 3.63) is 73.9 Å². The topological polar surface area (TPSA) is 106 Å². The Kier molecular flexibility index (Phi) is 5.54. The third kappa shape index (κ3) is 3.91. The van der Waals surface area contributed by atoms with Crippen molar-refractivity contribution in [3.8, 4) is 23.1 Å². The van der Waals surface area contributed by atoms with Crippen LogP contribution >= 0.6 is 0 Å². The van der Waals surface area contributed by atoms with Crippen LogP contribution in [0.4, 0.5) is 5.69 Å². The third-order valence-corrected chi connectivity index (χ3v) is 4.59.